The van der Waals surface area contributed by atoms with E-state index in [4.69, 9.17) is 27.9 Å². The first-order valence-corrected chi connectivity index (χ1v) is 11.0. The van der Waals surface area contributed by atoms with E-state index in [-0.39, 0.29) is 18.0 Å². The average Bonchev–Trinajstić information content (AvgIpc) is 2.76. The number of hydrogen-bond acceptors (Lipinski definition) is 4. The molecule has 1 aliphatic rings. The van der Waals surface area contributed by atoms with E-state index in [2.05, 4.69) is 9.97 Å². The summed E-state index contributed by atoms with van der Waals surface area (Å²) in [6, 6.07) is 10.3. The Morgan fingerprint density at radius 3 is 2.81 bits per heavy atom. The van der Waals surface area contributed by atoms with E-state index < -0.39 is 0 Å². The van der Waals surface area contributed by atoms with Crippen LogP contribution in [0.25, 0.3) is 17.0 Å². The van der Waals surface area contributed by atoms with Crippen molar-refractivity contribution in [2.75, 3.05) is 13.2 Å². The number of halogens is 2. The second-order valence-electron chi connectivity index (χ2n) is 7.46. The molecule has 0 unspecified atom stereocenters. The number of H-pyrrole nitrogens is 1. The van der Waals surface area contributed by atoms with Crippen LogP contribution in [0.4, 0.5) is 0 Å². The predicted molar refractivity (Wildman–Crippen MR) is 127 cm³/mol. The van der Waals surface area contributed by atoms with Crippen molar-refractivity contribution in [1.29, 1.82) is 0 Å². The second-order valence-corrected chi connectivity index (χ2v) is 8.33. The third kappa shape index (κ3) is 5.03. The minimum absolute atomic E-state index is 0.182. The molecule has 0 bridgehead atoms. The van der Waals surface area contributed by atoms with Crippen LogP contribution in [0, 0.1) is 0 Å². The molecule has 0 atom stereocenters. The van der Waals surface area contributed by atoms with Crippen LogP contribution in [0.1, 0.15) is 24.7 Å². The van der Waals surface area contributed by atoms with E-state index in [0.717, 1.165) is 23.3 Å². The number of nitrogens with one attached hydrogen (secondary N) is 1. The summed E-state index contributed by atoms with van der Waals surface area (Å²) in [5, 5.41) is 1.57. The van der Waals surface area contributed by atoms with Crippen LogP contribution in [0.2, 0.25) is 10.0 Å². The van der Waals surface area contributed by atoms with Gasteiger partial charge in [0.1, 0.15) is 18.2 Å². The van der Waals surface area contributed by atoms with Crippen molar-refractivity contribution in [1.82, 2.24) is 14.9 Å². The van der Waals surface area contributed by atoms with Crippen LogP contribution in [0.3, 0.4) is 0 Å². The van der Waals surface area contributed by atoms with Gasteiger partial charge in [-0.1, -0.05) is 36.2 Å². The number of carbonyl (C=O) groups is 1. The molecule has 1 amide bonds. The number of fused-ring (bicyclic) bond motifs is 2. The van der Waals surface area contributed by atoms with Gasteiger partial charge in [0.25, 0.3) is 5.56 Å². The zero-order chi connectivity index (χ0) is 22.7. The molecule has 8 heteroatoms. The summed E-state index contributed by atoms with van der Waals surface area (Å²) < 4.78 is 5.73. The molecule has 6 nitrogen and oxygen atoms in total. The number of aromatic nitrogens is 2. The summed E-state index contributed by atoms with van der Waals surface area (Å²) in [4.78, 5) is 34.2. The maximum atomic E-state index is 12.9. The summed E-state index contributed by atoms with van der Waals surface area (Å²) in [6.45, 7) is 3.06. The van der Waals surface area contributed by atoms with Gasteiger partial charge in [0.2, 0.25) is 5.91 Å². The van der Waals surface area contributed by atoms with E-state index in [1.165, 1.54) is 6.08 Å². The monoisotopic (exact) mass is 469 g/mol. The minimum Gasteiger partial charge on any atom is -0.488 e. The third-order valence-corrected chi connectivity index (χ3v) is 5.48. The number of rotatable bonds is 6. The molecule has 164 valence electrons. The summed E-state index contributed by atoms with van der Waals surface area (Å²) in [5.74, 6) is 0.985. The highest BCUT2D eigenvalue weighted by Gasteiger charge is 2.15. The molecule has 2 heterocycles. The standard InChI is InChI=1S/C24H21Cl2N3O3/c1-2-9-29(13-22-27-20-12-18(26)4-6-19(20)24(31)28-22)23(30)8-3-15-10-16-11-17(25)5-7-21(16)32-14-15/h3-8,10-12H,2,9,13-14H2,1H3,(H,27,28,31)/b8-3+. The first-order valence-electron chi connectivity index (χ1n) is 10.2. The van der Waals surface area contributed by atoms with Crippen molar-refractivity contribution < 1.29 is 9.53 Å². The van der Waals surface area contributed by atoms with Crippen molar-refractivity contribution in [2.24, 2.45) is 0 Å². The number of amides is 1. The highest BCUT2D eigenvalue weighted by atomic mass is 35.5. The van der Waals surface area contributed by atoms with Crippen molar-refractivity contribution in [3.8, 4) is 5.75 Å². The molecule has 0 spiro atoms. The van der Waals surface area contributed by atoms with Crippen LogP contribution in [-0.2, 0) is 11.3 Å². The lowest BCUT2D eigenvalue weighted by Crippen LogP contribution is -2.31. The van der Waals surface area contributed by atoms with Gasteiger partial charge in [0.15, 0.2) is 0 Å². The molecule has 1 aromatic heterocycles. The molecule has 32 heavy (non-hydrogen) atoms. The molecule has 0 saturated heterocycles. The smallest absolute Gasteiger partial charge is 0.258 e. The first kappa shape index (κ1) is 22.1. The summed E-state index contributed by atoms with van der Waals surface area (Å²) in [6.07, 6.45) is 5.97. The fourth-order valence-electron chi connectivity index (χ4n) is 3.50. The zero-order valence-electron chi connectivity index (χ0n) is 17.4. The number of carbonyl (C=O) groups excluding carboxylic acids is 1. The van der Waals surface area contributed by atoms with Crippen molar-refractivity contribution in [3.05, 3.63) is 85.9 Å². The van der Waals surface area contributed by atoms with Gasteiger partial charge in [-0.15, -0.1) is 0 Å². The summed E-state index contributed by atoms with van der Waals surface area (Å²) in [5.41, 5.74) is 1.97. The van der Waals surface area contributed by atoms with Gasteiger partial charge in [0.05, 0.1) is 17.4 Å². The van der Waals surface area contributed by atoms with E-state index >= 15 is 0 Å². The third-order valence-electron chi connectivity index (χ3n) is 5.01. The average molecular weight is 470 g/mol. The Kier molecular flexibility index (Phi) is 6.63. The van der Waals surface area contributed by atoms with Crippen LogP contribution in [0.5, 0.6) is 5.75 Å². The minimum atomic E-state index is -0.261. The second kappa shape index (κ2) is 9.59. The first-order chi connectivity index (χ1) is 15.4. The number of benzene rings is 2. The molecule has 0 fully saturated rings. The van der Waals surface area contributed by atoms with Crippen LogP contribution >= 0.6 is 23.2 Å². The van der Waals surface area contributed by atoms with E-state index in [1.807, 2.05) is 25.1 Å². The van der Waals surface area contributed by atoms with Crippen LogP contribution in [0.15, 0.2) is 58.9 Å². The van der Waals surface area contributed by atoms with Gasteiger partial charge in [-0.2, -0.15) is 0 Å². The topological polar surface area (TPSA) is 75.3 Å². The van der Waals surface area contributed by atoms with Crippen molar-refractivity contribution in [2.45, 2.75) is 19.9 Å². The fourth-order valence-corrected chi connectivity index (χ4v) is 3.85. The van der Waals surface area contributed by atoms with Gasteiger partial charge < -0.3 is 14.6 Å². The Hall–Kier alpha value is -3.09. The highest BCUT2D eigenvalue weighted by Crippen LogP contribution is 2.29. The number of hydrogen-bond donors (Lipinski definition) is 1. The lowest BCUT2D eigenvalue weighted by molar-refractivity contribution is -0.126. The zero-order valence-corrected chi connectivity index (χ0v) is 18.9. The number of aromatic amines is 1. The van der Waals surface area contributed by atoms with Gasteiger partial charge in [-0.3, -0.25) is 9.59 Å². The molecule has 1 N–H and O–H groups in total. The molecule has 0 radical (unpaired) electrons. The molecule has 0 saturated carbocycles. The number of nitrogens with zero attached hydrogens (tertiary/aromatic N) is 2. The Morgan fingerprint density at radius 2 is 2.00 bits per heavy atom. The van der Waals surface area contributed by atoms with Crippen LogP contribution in [-0.4, -0.2) is 33.9 Å². The van der Waals surface area contributed by atoms with Crippen LogP contribution < -0.4 is 10.3 Å². The Labute approximate surface area is 195 Å². The fraction of sp³-hybridized carbons (Fsp3) is 0.208. The van der Waals surface area contributed by atoms with Gasteiger partial charge in [-0.25, -0.2) is 4.98 Å². The Bertz CT molecular complexity index is 1300. The van der Waals surface area contributed by atoms with Gasteiger partial charge >= 0.3 is 0 Å². The van der Waals surface area contributed by atoms with Crippen molar-refractivity contribution in [3.63, 3.8) is 0 Å². The molecule has 4 rings (SSSR count). The van der Waals surface area contributed by atoms with Crippen molar-refractivity contribution >= 4 is 46.1 Å². The largest absolute Gasteiger partial charge is 0.488 e. The highest BCUT2D eigenvalue weighted by molar-refractivity contribution is 6.31. The maximum absolute atomic E-state index is 12.9. The van der Waals surface area contributed by atoms with E-state index in [1.54, 1.807) is 35.2 Å². The van der Waals surface area contributed by atoms with Gasteiger partial charge in [0, 0.05) is 28.2 Å². The Balaban J connectivity index is 1.53. The summed E-state index contributed by atoms with van der Waals surface area (Å²) >= 11 is 12.1. The summed E-state index contributed by atoms with van der Waals surface area (Å²) in [7, 11) is 0. The maximum Gasteiger partial charge on any atom is 0.258 e. The molecule has 2 aromatic carbocycles. The molecular weight excluding hydrogens is 449 g/mol. The van der Waals surface area contributed by atoms with Gasteiger partial charge in [-0.05, 0) is 54.5 Å². The Morgan fingerprint density at radius 1 is 1.22 bits per heavy atom. The lowest BCUT2D eigenvalue weighted by Gasteiger charge is -2.20. The molecular formula is C24H21Cl2N3O3. The quantitative estimate of drug-likeness (QED) is 0.515. The van der Waals surface area contributed by atoms with E-state index in [0.29, 0.717) is 39.9 Å². The lowest BCUT2D eigenvalue weighted by atomic mass is 10.1. The normalized spacial score (nSPS) is 13.0. The SMILES string of the molecule is CCCN(Cc1nc2cc(Cl)ccc2c(=O)[nH]1)C(=O)/C=C/C1=Cc2cc(Cl)ccc2OC1. The number of ether oxygens (including phenoxy) is 1. The molecule has 0 aliphatic carbocycles. The molecule has 1 aliphatic heterocycles. The predicted octanol–water partition coefficient (Wildman–Crippen LogP) is 5.00. The van der Waals surface area contributed by atoms with E-state index in [9.17, 15) is 9.59 Å². The molecule has 3 aromatic rings.